The summed E-state index contributed by atoms with van der Waals surface area (Å²) in [5.74, 6) is 0.486. The molecule has 36 heavy (non-hydrogen) atoms. The van der Waals surface area contributed by atoms with Gasteiger partial charge in [0.25, 0.3) is 0 Å². The van der Waals surface area contributed by atoms with Crippen LogP contribution in [-0.4, -0.2) is 40.7 Å². The van der Waals surface area contributed by atoms with Crippen LogP contribution in [0.4, 0.5) is 4.39 Å². The number of nitrogens with one attached hydrogen (secondary N) is 1. The second kappa shape index (κ2) is 9.34. The van der Waals surface area contributed by atoms with Crippen molar-refractivity contribution in [2.45, 2.75) is 25.8 Å². The number of hydrogen-bond acceptors (Lipinski definition) is 3. The van der Waals surface area contributed by atoms with E-state index < -0.39 is 0 Å². The summed E-state index contributed by atoms with van der Waals surface area (Å²) in [5.41, 5.74) is 5.80. The van der Waals surface area contributed by atoms with Gasteiger partial charge in [0.2, 0.25) is 0 Å². The van der Waals surface area contributed by atoms with Crippen molar-refractivity contribution < 1.29 is 9.13 Å². The first-order chi connectivity index (χ1) is 17.5. The van der Waals surface area contributed by atoms with Crippen LogP contribution in [0.25, 0.3) is 22.7 Å². The number of imidazole rings is 1. The summed E-state index contributed by atoms with van der Waals surface area (Å²) in [6.07, 6.45) is 9.15. The number of allylic oxidation sites excluding steroid dienone is 5. The largest absolute Gasteiger partial charge is 0.488 e. The Morgan fingerprint density at radius 1 is 1.25 bits per heavy atom. The number of ether oxygens (including phenoxy) is 1. The molecule has 1 N–H and O–H groups in total. The van der Waals surface area contributed by atoms with Gasteiger partial charge in [0.1, 0.15) is 18.2 Å². The summed E-state index contributed by atoms with van der Waals surface area (Å²) in [6, 6.07) is 12.3. The van der Waals surface area contributed by atoms with E-state index in [0.29, 0.717) is 12.0 Å². The molecule has 2 aromatic carbocycles. The van der Waals surface area contributed by atoms with Gasteiger partial charge < -0.3 is 14.6 Å². The number of benzene rings is 2. The smallest absolute Gasteiger partial charge is 0.326 e. The van der Waals surface area contributed by atoms with Gasteiger partial charge in [-0.25, -0.2) is 9.18 Å². The standard InChI is InChI=1S/C29H29FN3O2P/c1-2-32-12-11-19(16-32)33-27-10-7-18(14-26(27)31-29(33)34)13-23-21-5-3-4-6-25(30)24(21)17-35-28-15-20(36)8-9-22(23)28/h3,5-10,13-15,19H,2,4,11-12,16-17,36H2,1H3,(H,31,34)/b23-13+. The molecule has 3 aromatic rings. The average Bonchev–Trinajstić information content (AvgIpc) is 3.36. The molecule has 0 spiro atoms. The molecule has 1 aliphatic carbocycles. The predicted molar refractivity (Wildman–Crippen MR) is 147 cm³/mol. The SMILES string of the molecule is CCN1CCC(n2c(=O)[nH]c3cc(/C=C4\C5=C(COc6cc(P)ccc64)C(F)=CCC=C5)ccc32)C1. The van der Waals surface area contributed by atoms with Crippen LogP contribution in [-0.2, 0) is 0 Å². The third-order valence-corrected chi connectivity index (χ3v) is 7.76. The fraction of sp³-hybridized carbons (Fsp3) is 0.276. The number of fused-ring (bicyclic) bond motifs is 2. The predicted octanol–water partition coefficient (Wildman–Crippen LogP) is 5.14. The number of nitrogens with zero attached hydrogens (tertiary/aromatic N) is 2. The molecule has 6 rings (SSSR count). The maximum Gasteiger partial charge on any atom is 0.326 e. The zero-order chi connectivity index (χ0) is 24.8. The Morgan fingerprint density at radius 2 is 2.14 bits per heavy atom. The van der Waals surface area contributed by atoms with Gasteiger partial charge in [-0.3, -0.25) is 4.57 Å². The second-order valence-corrected chi connectivity index (χ2v) is 10.3. The molecule has 1 aromatic heterocycles. The first-order valence-electron chi connectivity index (χ1n) is 12.5. The van der Waals surface area contributed by atoms with E-state index in [1.54, 1.807) is 6.08 Å². The number of likely N-dealkylation sites (N-methyl/N-ethyl adjacent to an activating group) is 1. The average molecular weight is 502 g/mol. The molecule has 1 saturated heterocycles. The number of aromatic amines is 1. The van der Waals surface area contributed by atoms with E-state index in [-0.39, 0.29) is 24.2 Å². The molecule has 2 atom stereocenters. The Morgan fingerprint density at radius 3 is 2.97 bits per heavy atom. The molecule has 1 fully saturated rings. The fourth-order valence-electron chi connectivity index (χ4n) is 5.52. The minimum Gasteiger partial charge on any atom is -0.488 e. The first-order valence-corrected chi connectivity index (χ1v) is 13.1. The van der Waals surface area contributed by atoms with Gasteiger partial charge in [-0.05, 0) is 71.8 Å². The van der Waals surface area contributed by atoms with Crippen molar-refractivity contribution in [1.29, 1.82) is 0 Å². The van der Waals surface area contributed by atoms with Crippen LogP contribution >= 0.6 is 9.24 Å². The first kappa shape index (κ1) is 23.2. The molecule has 3 aliphatic rings. The normalized spacial score (nSPS) is 21.2. The molecule has 0 bridgehead atoms. The van der Waals surface area contributed by atoms with Gasteiger partial charge in [-0.2, -0.15) is 0 Å². The van der Waals surface area contributed by atoms with Gasteiger partial charge in [-0.15, -0.1) is 9.24 Å². The Bertz CT molecular complexity index is 1540. The lowest BCUT2D eigenvalue weighted by atomic mass is 9.92. The summed E-state index contributed by atoms with van der Waals surface area (Å²) in [4.78, 5) is 18.4. The number of halogens is 1. The van der Waals surface area contributed by atoms with Crippen LogP contribution in [0.15, 0.2) is 76.4 Å². The second-order valence-electron chi connectivity index (χ2n) is 9.60. The van der Waals surface area contributed by atoms with Crippen LogP contribution < -0.4 is 15.7 Å². The molecule has 184 valence electrons. The van der Waals surface area contributed by atoms with Crippen LogP contribution in [0.1, 0.15) is 36.9 Å². The maximum atomic E-state index is 15.0. The number of aromatic nitrogens is 2. The lowest BCUT2D eigenvalue weighted by molar-refractivity contribution is 0.341. The Labute approximate surface area is 211 Å². The van der Waals surface area contributed by atoms with E-state index in [0.717, 1.165) is 70.4 Å². The summed E-state index contributed by atoms with van der Waals surface area (Å²) in [7, 11) is 2.69. The summed E-state index contributed by atoms with van der Waals surface area (Å²) >= 11 is 0. The Hall–Kier alpha value is -3.21. The highest BCUT2D eigenvalue weighted by molar-refractivity contribution is 7.27. The fourth-order valence-corrected chi connectivity index (χ4v) is 5.77. The van der Waals surface area contributed by atoms with Crippen molar-refractivity contribution in [3.63, 3.8) is 0 Å². The Balaban J connectivity index is 1.48. The topological polar surface area (TPSA) is 50.3 Å². The highest BCUT2D eigenvalue weighted by atomic mass is 31.0. The molecule has 2 aliphatic heterocycles. The van der Waals surface area contributed by atoms with E-state index in [2.05, 4.69) is 32.1 Å². The van der Waals surface area contributed by atoms with E-state index in [4.69, 9.17) is 4.74 Å². The number of likely N-dealkylation sites (tertiary alicyclic amines) is 1. The number of hydrogen-bond donors (Lipinski definition) is 1. The third-order valence-electron chi connectivity index (χ3n) is 7.40. The Kier molecular flexibility index (Phi) is 6.02. The minimum atomic E-state index is -0.241. The lowest BCUT2D eigenvalue weighted by Gasteiger charge is -2.14. The van der Waals surface area contributed by atoms with Crippen LogP contribution in [0.5, 0.6) is 5.75 Å². The van der Waals surface area contributed by atoms with Gasteiger partial charge in [0.15, 0.2) is 0 Å². The van der Waals surface area contributed by atoms with Crippen molar-refractivity contribution in [3.05, 3.63) is 93.2 Å². The van der Waals surface area contributed by atoms with E-state index in [1.807, 2.05) is 53.1 Å². The van der Waals surface area contributed by atoms with Crippen LogP contribution in [0.3, 0.4) is 0 Å². The molecule has 3 heterocycles. The van der Waals surface area contributed by atoms with Crippen LogP contribution in [0.2, 0.25) is 0 Å². The molecular formula is C29H29FN3O2P. The van der Waals surface area contributed by atoms with Gasteiger partial charge in [-0.1, -0.05) is 37.3 Å². The zero-order valence-electron chi connectivity index (χ0n) is 20.3. The minimum absolute atomic E-state index is 0.0668. The highest BCUT2D eigenvalue weighted by Gasteiger charge is 2.26. The van der Waals surface area contributed by atoms with Crippen molar-refractivity contribution >= 4 is 37.2 Å². The monoisotopic (exact) mass is 501 g/mol. The number of H-pyrrole nitrogens is 1. The van der Waals surface area contributed by atoms with Gasteiger partial charge in [0.05, 0.1) is 17.1 Å². The lowest BCUT2D eigenvalue weighted by Crippen LogP contribution is -2.26. The molecule has 0 amide bonds. The molecule has 0 radical (unpaired) electrons. The number of rotatable bonds is 3. The third kappa shape index (κ3) is 4.08. The van der Waals surface area contributed by atoms with Crippen molar-refractivity contribution in [1.82, 2.24) is 14.5 Å². The van der Waals surface area contributed by atoms with Crippen molar-refractivity contribution in [2.75, 3.05) is 26.2 Å². The van der Waals surface area contributed by atoms with Crippen molar-refractivity contribution in [2.24, 2.45) is 0 Å². The molecule has 5 nitrogen and oxygen atoms in total. The molecular weight excluding hydrogens is 472 g/mol. The van der Waals surface area contributed by atoms with Crippen LogP contribution in [0, 0.1) is 0 Å². The van der Waals surface area contributed by atoms with Gasteiger partial charge >= 0.3 is 5.69 Å². The van der Waals surface area contributed by atoms with Gasteiger partial charge in [0, 0.05) is 24.2 Å². The summed E-state index contributed by atoms with van der Waals surface area (Å²) in [5, 5.41) is 1.01. The van der Waals surface area contributed by atoms with E-state index in [1.165, 1.54) is 0 Å². The zero-order valence-corrected chi connectivity index (χ0v) is 21.4. The maximum absolute atomic E-state index is 15.0. The summed E-state index contributed by atoms with van der Waals surface area (Å²) in [6.45, 7) is 5.23. The molecule has 2 unspecified atom stereocenters. The van der Waals surface area contributed by atoms with Crippen molar-refractivity contribution in [3.8, 4) is 5.75 Å². The highest BCUT2D eigenvalue weighted by Crippen LogP contribution is 2.40. The quantitative estimate of drug-likeness (QED) is 0.506. The molecule has 0 saturated carbocycles. The van der Waals surface area contributed by atoms with E-state index >= 15 is 4.39 Å². The molecule has 7 heteroatoms. The summed E-state index contributed by atoms with van der Waals surface area (Å²) < 4.78 is 23.0. The van der Waals surface area contributed by atoms with E-state index in [9.17, 15) is 4.79 Å².